The van der Waals surface area contributed by atoms with Gasteiger partial charge in [0.25, 0.3) is 0 Å². The lowest BCUT2D eigenvalue weighted by atomic mass is 10.2. The number of nitrogens with one attached hydrogen (secondary N) is 2. The lowest BCUT2D eigenvalue weighted by molar-refractivity contribution is -0.114. The van der Waals surface area contributed by atoms with Crippen LogP contribution < -0.4 is 10.6 Å². The maximum atomic E-state index is 12.1. The van der Waals surface area contributed by atoms with E-state index in [0.29, 0.717) is 11.4 Å². The van der Waals surface area contributed by atoms with E-state index in [0.717, 1.165) is 10.5 Å². The zero-order chi connectivity index (χ0) is 22.1. The van der Waals surface area contributed by atoms with Crippen LogP contribution >= 0.6 is 11.8 Å². The Morgan fingerprint density at radius 1 is 0.839 bits per heavy atom. The quantitative estimate of drug-likeness (QED) is 0.352. The molecule has 2 amide bonds. The standard InChI is InChI=1S/C24H20N2O4S/c27-22(14-9-17-5-2-1-3-6-17)25-19-10-12-21(13-11-19)31-16-23(28)26-20-8-4-7-18(15-20)24(29)30/h1-15H,16H2,(H,25,27)(H,26,28)(H,29,30)/b14-9+. The highest BCUT2D eigenvalue weighted by Crippen LogP contribution is 2.21. The van der Waals surface area contributed by atoms with Gasteiger partial charge in [-0.15, -0.1) is 11.8 Å². The molecule has 0 unspecified atom stereocenters. The normalized spacial score (nSPS) is 10.6. The van der Waals surface area contributed by atoms with Gasteiger partial charge in [0.1, 0.15) is 0 Å². The number of carboxylic acid groups (broad SMARTS) is 1. The van der Waals surface area contributed by atoms with Crippen LogP contribution in [0.5, 0.6) is 0 Å². The SMILES string of the molecule is O=C(/C=C/c1ccccc1)Nc1ccc(SCC(=O)Nc2cccc(C(=O)O)c2)cc1. The molecule has 0 aliphatic rings. The predicted molar refractivity (Wildman–Crippen MR) is 123 cm³/mol. The molecule has 0 bridgehead atoms. The van der Waals surface area contributed by atoms with E-state index in [1.54, 1.807) is 30.3 Å². The van der Waals surface area contributed by atoms with Crippen molar-refractivity contribution in [2.45, 2.75) is 4.90 Å². The molecule has 3 rings (SSSR count). The Hall–Kier alpha value is -3.84. The van der Waals surface area contributed by atoms with Crippen LogP contribution in [-0.2, 0) is 9.59 Å². The third kappa shape index (κ3) is 7.17. The molecule has 7 heteroatoms. The van der Waals surface area contributed by atoms with E-state index >= 15 is 0 Å². The number of hydrogen-bond acceptors (Lipinski definition) is 4. The summed E-state index contributed by atoms with van der Waals surface area (Å²) in [6, 6.07) is 22.8. The van der Waals surface area contributed by atoms with Gasteiger partial charge in [0.15, 0.2) is 0 Å². The monoisotopic (exact) mass is 432 g/mol. The molecule has 0 radical (unpaired) electrons. The fourth-order valence-electron chi connectivity index (χ4n) is 2.63. The molecule has 0 saturated heterocycles. The molecule has 0 aliphatic heterocycles. The fraction of sp³-hybridized carbons (Fsp3) is 0.0417. The molecule has 0 aliphatic carbocycles. The maximum Gasteiger partial charge on any atom is 0.335 e. The summed E-state index contributed by atoms with van der Waals surface area (Å²) >= 11 is 1.34. The number of thioether (sulfide) groups is 1. The second kappa shape index (κ2) is 10.8. The highest BCUT2D eigenvalue weighted by atomic mass is 32.2. The van der Waals surface area contributed by atoms with Crippen LogP contribution in [0.1, 0.15) is 15.9 Å². The number of hydrogen-bond donors (Lipinski definition) is 3. The fourth-order valence-corrected chi connectivity index (χ4v) is 3.33. The van der Waals surface area contributed by atoms with Crippen LogP contribution in [0.15, 0.2) is 89.8 Å². The van der Waals surface area contributed by atoms with Crippen LogP contribution in [0.4, 0.5) is 11.4 Å². The molecule has 0 atom stereocenters. The Bertz CT molecular complexity index is 1100. The second-order valence-electron chi connectivity index (χ2n) is 6.48. The zero-order valence-electron chi connectivity index (χ0n) is 16.4. The van der Waals surface area contributed by atoms with Crippen LogP contribution in [0, 0.1) is 0 Å². The van der Waals surface area contributed by atoms with Crippen LogP contribution in [0.2, 0.25) is 0 Å². The van der Waals surface area contributed by atoms with Crippen molar-refractivity contribution < 1.29 is 19.5 Å². The number of amides is 2. The number of carboxylic acids is 1. The van der Waals surface area contributed by atoms with Gasteiger partial charge in [0.05, 0.1) is 11.3 Å². The Balaban J connectivity index is 1.47. The molecule has 6 nitrogen and oxygen atoms in total. The summed E-state index contributed by atoms with van der Waals surface area (Å²) in [4.78, 5) is 36.0. The van der Waals surface area contributed by atoms with E-state index < -0.39 is 5.97 Å². The first kappa shape index (κ1) is 21.9. The molecule has 0 spiro atoms. The summed E-state index contributed by atoms with van der Waals surface area (Å²) in [5.74, 6) is -1.35. The van der Waals surface area contributed by atoms with E-state index in [1.165, 1.54) is 30.0 Å². The average Bonchev–Trinajstić information content (AvgIpc) is 2.78. The van der Waals surface area contributed by atoms with Gasteiger partial charge < -0.3 is 15.7 Å². The number of carbonyl (C=O) groups is 3. The molecule has 0 saturated carbocycles. The number of benzene rings is 3. The second-order valence-corrected chi connectivity index (χ2v) is 7.53. The highest BCUT2D eigenvalue weighted by molar-refractivity contribution is 8.00. The Morgan fingerprint density at radius 3 is 2.29 bits per heavy atom. The minimum Gasteiger partial charge on any atom is -0.478 e. The lowest BCUT2D eigenvalue weighted by Crippen LogP contribution is -2.14. The van der Waals surface area contributed by atoms with Crippen LogP contribution in [0.25, 0.3) is 6.08 Å². The molecule has 0 heterocycles. The number of anilines is 2. The van der Waals surface area contributed by atoms with E-state index in [1.807, 2.05) is 42.5 Å². The van der Waals surface area contributed by atoms with Crippen LogP contribution in [-0.4, -0.2) is 28.6 Å². The molecule has 3 aromatic rings. The van der Waals surface area contributed by atoms with Gasteiger partial charge in [0, 0.05) is 22.3 Å². The van der Waals surface area contributed by atoms with Crippen molar-refractivity contribution in [2.24, 2.45) is 0 Å². The molecule has 156 valence electrons. The smallest absolute Gasteiger partial charge is 0.335 e. The molecule has 31 heavy (non-hydrogen) atoms. The summed E-state index contributed by atoms with van der Waals surface area (Å²) in [6.45, 7) is 0. The van der Waals surface area contributed by atoms with E-state index in [-0.39, 0.29) is 23.1 Å². The zero-order valence-corrected chi connectivity index (χ0v) is 17.3. The van der Waals surface area contributed by atoms with Crippen LogP contribution in [0.3, 0.4) is 0 Å². The third-order valence-electron chi connectivity index (χ3n) is 4.11. The highest BCUT2D eigenvalue weighted by Gasteiger charge is 2.07. The molecule has 3 aromatic carbocycles. The molecule has 0 aromatic heterocycles. The van der Waals surface area contributed by atoms with Crippen molar-refractivity contribution >= 4 is 47.0 Å². The summed E-state index contributed by atoms with van der Waals surface area (Å²) in [5.41, 5.74) is 2.15. The maximum absolute atomic E-state index is 12.1. The average molecular weight is 433 g/mol. The molecular weight excluding hydrogens is 412 g/mol. The van der Waals surface area contributed by atoms with Crippen molar-refractivity contribution in [1.82, 2.24) is 0 Å². The van der Waals surface area contributed by atoms with Crippen molar-refractivity contribution in [2.75, 3.05) is 16.4 Å². The summed E-state index contributed by atoms with van der Waals surface area (Å²) in [7, 11) is 0. The number of rotatable bonds is 8. The Morgan fingerprint density at radius 2 is 1.58 bits per heavy atom. The van der Waals surface area contributed by atoms with Gasteiger partial charge in [-0.25, -0.2) is 4.79 Å². The van der Waals surface area contributed by atoms with Crippen molar-refractivity contribution in [3.63, 3.8) is 0 Å². The third-order valence-corrected chi connectivity index (χ3v) is 5.12. The Labute approximate surface area is 184 Å². The van der Waals surface area contributed by atoms with Crippen molar-refractivity contribution in [3.05, 3.63) is 96.1 Å². The molecule has 0 fully saturated rings. The largest absolute Gasteiger partial charge is 0.478 e. The first-order chi connectivity index (χ1) is 15.0. The molecular formula is C24H20N2O4S. The minimum atomic E-state index is -1.05. The van der Waals surface area contributed by atoms with Gasteiger partial charge in [0.2, 0.25) is 11.8 Å². The van der Waals surface area contributed by atoms with E-state index in [4.69, 9.17) is 5.11 Å². The predicted octanol–water partition coefficient (Wildman–Crippen LogP) is 4.77. The van der Waals surface area contributed by atoms with Gasteiger partial charge in [-0.1, -0.05) is 36.4 Å². The van der Waals surface area contributed by atoms with Crippen molar-refractivity contribution in [1.29, 1.82) is 0 Å². The van der Waals surface area contributed by atoms with Gasteiger partial charge in [-0.2, -0.15) is 0 Å². The first-order valence-corrected chi connectivity index (χ1v) is 10.4. The van der Waals surface area contributed by atoms with Gasteiger partial charge in [-0.3, -0.25) is 9.59 Å². The van der Waals surface area contributed by atoms with E-state index in [2.05, 4.69) is 10.6 Å². The van der Waals surface area contributed by atoms with E-state index in [9.17, 15) is 14.4 Å². The summed E-state index contributed by atoms with van der Waals surface area (Å²) in [6.07, 6.45) is 3.21. The molecule has 3 N–H and O–H groups in total. The topological polar surface area (TPSA) is 95.5 Å². The summed E-state index contributed by atoms with van der Waals surface area (Å²) in [5, 5.41) is 14.5. The first-order valence-electron chi connectivity index (χ1n) is 9.40. The lowest BCUT2D eigenvalue weighted by Gasteiger charge is -2.07. The Kier molecular flexibility index (Phi) is 7.61. The van der Waals surface area contributed by atoms with Gasteiger partial charge in [-0.05, 0) is 54.1 Å². The van der Waals surface area contributed by atoms with Crippen molar-refractivity contribution in [3.8, 4) is 0 Å². The number of carbonyl (C=O) groups excluding carboxylic acids is 2. The summed E-state index contributed by atoms with van der Waals surface area (Å²) < 4.78 is 0. The van der Waals surface area contributed by atoms with Gasteiger partial charge >= 0.3 is 5.97 Å². The number of aromatic carboxylic acids is 1. The minimum absolute atomic E-state index is 0.113.